The van der Waals surface area contributed by atoms with Gasteiger partial charge in [0.2, 0.25) is 0 Å². The van der Waals surface area contributed by atoms with Crippen molar-refractivity contribution in [2.24, 2.45) is 5.73 Å². The first-order chi connectivity index (χ1) is 8.00. The van der Waals surface area contributed by atoms with Gasteiger partial charge in [-0.05, 0) is 32.4 Å². The van der Waals surface area contributed by atoms with Gasteiger partial charge in [-0.25, -0.2) is 9.97 Å². The van der Waals surface area contributed by atoms with Gasteiger partial charge in [-0.3, -0.25) is 9.98 Å². The van der Waals surface area contributed by atoms with Crippen molar-refractivity contribution in [3.05, 3.63) is 41.1 Å². The van der Waals surface area contributed by atoms with E-state index in [2.05, 4.69) is 9.97 Å². The normalized spacial score (nSPS) is 10.5. The Labute approximate surface area is 99.8 Å². The van der Waals surface area contributed by atoms with Gasteiger partial charge in [-0.1, -0.05) is 0 Å². The van der Waals surface area contributed by atoms with E-state index in [1.54, 1.807) is 6.20 Å². The minimum absolute atomic E-state index is 0.0260. The molecule has 5 heteroatoms. The lowest BCUT2D eigenvalue weighted by molar-refractivity contribution is 0.914. The summed E-state index contributed by atoms with van der Waals surface area (Å²) in [4.78, 5) is 8.63. The lowest BCUT2D eigenvalue weighted by atomic mass is 10.1. The molecule has 3 N–H and O–H groups in total. The predicted molar refractivity (Wildman–Crippen MR) is 66.6 cm³/mol. The molecule has 0 aliphatic rings. The van der Waals surface area contributed by atoms with Crippen molar-refractivity contribution >= 4 is 5.84 Å². The molecule has 0 aliphatic carbocycles. The maximum absolute atomic E-state index is 7.66. The van der Waals surface area contributed by atoms with Gasteiger partial charge in [0.15, 0.2) is 0 Å². The molecule has 0 atom stereocenters. The van der Waals surface area contributed by atoms with Crippen molar-refractivity contribution in [3.63, 3.8) is 0 Å². The summed E-state index contributed by atoms with van der Waals surface area (Å²) in [7, 11) is 0. The highest BCUT2D eigenvalue weighted by Gasteiger charge is 2.14. The number of aromatic nitrogens is 3. The number of nitrogens with one attached hydrogen (secondary N) is 1. The summed E-state index contributed by atoms with van der Waals surface area (Å²) in [5, 5.41) is 7.66. The summed E-state index contributed by atoms with van der Waals surface area (Å²) < 4.78 is 1.84. The van der Waals surface area contributed by atoms with E-state index in [0.717, 1.165) is 17.1 Å². The largest absolute Gasteiger partial charge is 0.384 e. The molecule has 2 heterocycles. The quantitative estimate of drug-likeness (QED) is 0.604. The van der Waals surface area contributed by atoms with Gasteiger partial charge in [-0.2, -0.15) is 0 Å². The number of imidazole rings is 1. The molecule has 0 spiro atoms. The fourth-order valence-electron chi connectivity index (χ4n) is 1.93. The number of nitrogens with zero attached hydrogens (tertiary/aromatic N) is 3. The molecule has 0 aliphatic heterocycles. The molecular weight excluding hydrogens is 214 g/mol. The number of amidine groups is 1. The summed E-state index contributed by atoms with van der Waals surface area (Å²) in [5.41, 5.74) is 8.15. The fraction of sp³-hybridized carbons (Fsp3) is 0.250. The first-order valence-corrected chi connectivity index (χ1v) is 5.33. The summed E-state index contributed by atoms with van der Waals surface area (Å²) in [6.07, 6.45) is 3.53. The highest BCUT2D eigenvalue weighted by Crippen LogP contribution is 2.18. The van der Waals surface area contributed by atoms with Crippen molar-refractivity contribution < 1.29 is 0 Å². The molecule has 5 nitrogen and oxygen atoms in total. The van der Waals surface area contributed by atoms with E-state index in [9.17, 15) is 0 Å². The molecule has 2 aromatic rings. The van der Waals surface area contributed by atoms with Crippen LogP contribution in [0.25, 0.3) is 5.82 Å². The first kappa shape index (κ1) is 11.3. The highest BCUT2D eigenvalue weighted by molar-refractivity contribution is 5.99. The van der Waals surface area contributed by atoms with Crippen molar-refractivity contribution in [2.45, 2.75) is 20.8 Å². The number of hydrogen-bond donors (Lipinski definition) is 2. The van der Waals surface area contributed by atoms with Crippen molar-refractivity contribution in [1.82, 2.24) is 14.5 Å². The molecule has 0 fully saturated rings. The van der Waals surface area contributed by atoms with E-state index in [0.29, 0.717) is 11.4 Å². The van der Waals surface area contributed by atoms with Crippen LogP contribution in [0.2, 0.25) is 0 Å². The van der Waals surface area contributed by atoms with Crippen LogP contribution < -0.4 is 5.73 Å². The van der Waals surface area contributed by atoms with Gasteiger partial charge < -0.3 is 5.73 Å². The third-order valence-corrected chi connectivity index (χ3v) is 2.65. The number of nitrogens with two attached hydrogens (primary N) is 1. The van der Waals surface area contributed by atoms with Gasteiger partial charge in [0, 0.05) is 18.1 Å². The van der Waals surface area contributed by atoms with Gasteiger partial charge in [0.25, 0.3) is 0 Å². The Bertz CT molecular complexity index is 583. The van der Waals surface area contributed by atoms with Crippen LogP contribution >= 0.6 is 0 Å². The van der Waals surface area contributed by atoms with Crippen molar-refractivity contribution in [3.8, 4) is 5.82 Å². The molecule has 0 saturated carbocycles. The maximum Gasteiger partial charge on any atom is 0.149 e. The van der Waals surface area contributed by atoms with Crippen molar-refractivity contribution in [1.29, 1.82) is 5.41 Å². The van der Waals surface area contributed by atoms with Crippen LogP contribution in [0.1, 0.15) is 22.6 Å². The maximum atomic E-state index is 7.66. The van der Waals surface area contributed by atoms with E-state index in [1.807, 2.05) is 37.6 Å². The summed E-state index contributed by atoms with van der Waals surface area (Å²) in [5.74, 6) is 1.52. The average molecular weight is 229 g/mol. The molecule has 0 amide bonds. The lowest BCUT2D eigenvalue weighted by Gasteiger charge is -2.13. The lowest BCUT2D eigenvalue weighted by Crippen LogP contribution is -2.18. The first-order valence-electron chi connectivity index (χ1n) is 5.33. The second-order valence-corrected chi connectivity index (χ2v) is 4.04. The van der Waals surface area contributed by atoms with Crippen molar-refractivity contribution in [2.75, 3.05) is 0 Å². The van der Waals surface area contributed by atoms with Crippen LogP contribution in [0.5, 0.6) is 0 Å². The Morgan fingerprint density at radius 2 is 2.06 bits per heavy atom. The van der Waals surface area contributed by atoms with Crippen LogP contribution in [-0.4, -0.2) is 20.4 Å². The third kappa shape index (κ3) is 1.91. The zero-order valence-electron chi connectivity index (χ0n) is 10.2. The van der Waals surface area contributed by atoms with E-state index in [4.69, 9.17) is 11.1 Å². The molecule has 0 radical (unpaired) electrons. The van der Waals surface area contributed by atoms with Crippen LogP contribution in [0, 0.1) is 26.2 Å². The topological polar surface area (TPSA) is 80.6 Å². The fourth-order valence-corrected chi connectivity index (χ4v) is 1.93. The Balaban J connectivity index is 2.76. The van der Waals surface area contributed by atoms with Gasteiger partial charge in [0.1, 0.15) is 17.5 Å². The predicted octanol–water partition coefficient (Wildman–Crippen LogP) is 1.48. The zero-order valence-corrected chi connectivity index (χ0v) is 10.2. The van der Waals surface area contributed by atoms with Crippen LogP contribution in [0.4, 0.5) is 0 Å². The Morgan fingerprint density at radius 1 is 1.35 bits per heavy atom. The van der Waals surface area contributed by atoms with Crippen LogP contribution in [0.15, 0.2) is 18.5 Å². The van der Waals surface area contributed by atoms with Gasteiger partial charge in [-0.15, -0.1) is 0 Å². The van der Waals surface area contributed by atoms with E-state index in [-0.39, 0.29) is 5.84 Å². The molecule has 88 valence electrons. The van der Waals surface area contributed by atoms with E-state index >= 15 is 0 Å². The third-order valence-electron chi connectivity index (χ3n) is 2.65. The smallest absolute Gasteiger partial charge is 0.149 e. The molecule has 0 saturated heterocycles. The van der Waals surface area contributed by atoms with Gasteiger partial charge in [0.05, 0.1) is 5.56 Å². The van der Waals surface area contributed by atoms with Crippen LogP contribution in [0.3, 0.4) is 0 Å². The molecule has 0 bridgehead atoms. The number of hydrogen-bond acceptors (Lipinski definition) is 3. The second kappa shape index (κ2) is 4.01. The number of rotatable bonds is 2. The average Bonchev–Trinajstić information content (AvgIpc) is 2.62. The molecule has 2 rings (SSSR count). The minimum Gasteiger partial charge on any atom is -0.384 e. The zero-order chi connectivity index (χ0) is 12.6. The molecule has 0 aromatic carbocycles. The number of pyridine rings is 1. The number of nitrogen functional groups attached to an aromatic ring is 1. The number of aryl methyl sites for hydroxylation is 3. The SMILES string of the molecule is Cc1cc(C)c(C(=N)N)c(-n2ccnc2C)n1. The van der Waals surface area contributed by atoms with E-state index in [1.165, 1.54) is 0 Å². The summed E-state index contributed by atoms with van der Waals surface area (Å²) in [6.45, 7) is 5.75. The monoisotopic (exact) mass is 229 g/mol. The Kier molecular flexibility index (Phi) is 2.67. The molecule has 0 unspecified atom stereocenters. The Hall–Kier alpha value is -2.17. The van der Waals surface area contributed by atoms with Gasteiger partial charge >= 0.3 is 0 Å². The van der Waals surface area contributed by atoms with Crippen LogP contribution in [-0.2, 0) is 0 Å². The molecular formula is C12H15N5. The minimum atomic E-state index is 0.0260. The highest BCUT2D eigenvalue weighted by atomic mass is 15.1. The second-order valence-electron chi connectivity index (χ2n) is 4.04. The van der Waals surface area contributed by atoms with E-state index < -0.39 is 0 Å². The summed E-state index contributed by atoms with van der Waals surface area (Å²) in [6, 6.07) is 1.92. The Morgan fingerprint density at radius 3 is 2.59 bits per heavy atom. The summed E-state index contributed by atoms with van der Waals surface area (Å²) >= 11 is 0. The standard InChI is InChI=1S/C12H15N5/c1-7-6-8(2)16-12(10(7)11(13)14)17-5-4-15-9(17)3/h4-6H,1-3H3,(H3,13,14). The molecule has 17 heavy (non-hydrogen) atoms. The molecule has 2 aromatic heterocycles.